The van der Waals surface area contributed by atoms with Crippen molar-refractivity contribution in [3.05, 3.63) is 71.3 Å². The standard InChI is InChI=1S/C25H33F2N3S/c1-23(2,3)30(24(4,5)6)16-10-15-25(18-11-8-7-9-12-18)29-28-22(31-25)20-17-19(26)13-14-21(20)27/h7-9,11-14,17,29H,10,15-16H2,1-6H3. The van der Waals surface area contributed by atoms with E-state index in [2.05, 4.69) is 69.1 Å². The fourth-order valence-corrected chi connectivity index (χ4v) is 5.65. The summed E-state index contributed by atoms with van der Waals surface area (Å²) in [6, 6.07) is 13.6. The molecule has 0 aromatic heterocycles. The third-order valence-corrected chi connectivity index (χ3v) is 6.92. The Balaban J connectivity index is 1.83. The van der Waals surface area contributed by atoms with E-state index in [1.807, 2.05) is 18.2 Å². The lowest BCUT2D eigenvalue weighted by atomic mass is 9.94. The quantitative estimate of drug-likeness (QED) is 0.550. The van der Waals surface area contributed by atoms with Crippen LogP contribution in [0.15, 0.2) is 53.6 Å². The molecule has 0 spiro atoms. The molecule has 0 bridgehead atoms. The molecule has 1 N–H and O–H groups in total. The summed E-state index contributed by atoms with van der Waals surface area (Å²) in [5.41, 5.74) is 4.63. The van der Waals surface area contributed by atoms with Gasteiger partial charge in [0, 0.05) is 16.6 Å². The van der Waals surface area contributed by atoms with Crippen LogP contribution >= 0.6 is 11.8 Å². The van der Waals surface area contributed by atoms with Crippen molar-refractivity contribution < 1.29 is 8.78 Å². The van der Waals surface area contributed by atoms with Crippen molar-refractivity contribution in [1.82, 2.24) is 10.3 Å². The third kappa shape index (κ3) is 5.47. The molecule has 0 aliphatic carbocycles. The minimum atomic E-state index is -0.517. The van der Waals surface area contributed by atoms with Gasteiger partial charge in [-0.15, -0.1) is 0 Å². The van der Waals surface area contributed by atoms with Crippen molar-refractivity contribution in [2.24, 2.45) is 5.10 Å². The van der Waals surface area contributed by atoms with E-state index < -0.39 is 16.5 Å². The van der Waals surface area contributed by atoms with Crippen molar-refractivity contribution in [3.8, 4) is 0 Å². The van der Waals surface area contributed by atoms with Crippen LogP contribution in [0.1, 0.15) is 65.5 Å². The highest BCUT2D eigenvalue weighted by Crippen LogP contribution is 2.44. The second kappa shape index (κ2) is 8.91. The molecule has 31 heavy (non-hydrogen) atoms. The van der Waals surface area contributed by atoms with E-state index in [1.165, 1.54) is 17.8 Å². The van der Waals surface area contributed by atoms with Crippen LogP contribution in [0.4, 0.5) is 8.78 Å². The summed E-state index contributed by atoms with van der Waals surface area (Å²) in [6.45, 7) is 14.4. The van der Waals surface area contributed by atoms with Gasteiger partial charge in [-0.25, -0.2) is 8.78 Å². The van der Waals surface area contributed by atoms with Crippen LogP contribution in [0.25, 0.3) is 0 Å². The van der Waals surface area contributed by atoms with Gasteiger partial charge in [0.1, 0.15) is 21.5 Å². The fourth-order valence-electron chi connectivity index (χ4n) is 4.37. The predicted octanol–water partition coefficient (Wildman–Crippen LogP) is 6.50. The van der Waals surface area contributed by atoms with Gasteiger partial charge in [-0.2, -0.15) is 5.10 Å². The van der Waals surface area contributed by atoms with Crippen LogP contribution in [0, 0.1) is 11.6 Å². The number of thioether (sulfide) groups is 1. The van der Waals surface area contributed by atoms with Crippen LogP contribution in [0.2, 0.25) is 0 Å². The van der Waals surface area contributed by atoms with Crippen molar-refractivity contribution in [3.63, 3.8) is 0 Å². The summed E-state index contributed by atoms with van der Waals surface area (Å²) in [7, 11) is 0. The Morgan fingerprint density at radius 2 is 1.61 bits per heavy atom. The van der Waals surface area contributed by atoms with Gasteiger partial charge in [0.05, 0.1) is 0 Å². The molecule has 3 nitrogen and oxygen atoms in total. The number of hydrazone groups is 1. The summed E-state index contributed by atoms with van der Waals surface area (Å²) in [4.78, 5) is 1.99. The lowest BCUT2D eigenvalue weighted by Crippen LogP contribution is -2.53. The van der Waals surface area contributed by atoms with Crippen LogP contribution in [0.3, 0.4) is 0 Å². The fraction of sp³-hybridized carbons (Fsp3) is 0.480. The van der Waals surface area contributed by atoms with Gasteiger partial charge in [-0.3, -0.25) is 10.3 Å². The highest BCUT2D eigenvalue weighted by molar-refractivity contribution is 8.15. The summed E-state index contributed by atoms with van der Waals surface area (Å²) in [5, 5.41) is 4.92. The molecule has 0 saturated carbocycles. The van der Waals surface area contributed by atoms with Crippen molar-refractivity contribution in [1.29, 1.82) is 0 Å². The van der Waals surface area contributed by atoms with E-state index in [0.29, 0.717) is 5.04 Å². The maximum Gasteiger partial charge on any atom is 0.133 e. The monoisotopic (exact) mass is 445 g/mol. The smallest absolute Gasteiger partial charge is 0.133 e. The Kier molecular flexibility index (Phi) is 6.82. The summed E-state index contributed by atoms with van der Waals surface area (Å²) >= 11 is 1.47. The lowest BCUT2D eigenvalue weighted by Gasteiger charge is -2.46. The minimum absolute atomic E-state index is 0.0424. The largest absolute Gasteiger partial charge is 0.294 e. The van der Waals surface area contributed by atoms with Crippen molar-refractivity contribution in [2.45, 2.75) is 70.3 Å². The van der Waals surface area contributed by atoms with Gasteiger partial charge in [0.2, 0.25) is 0 Å². The number of rotatable bonds is 6. The van der Waals surface area contributed by atoms with Gasteiger partial charge in [-0.1, -0.05) is 42.1 Å². The normalized spacial score (nSPS) is 19.5. The van der Waals surface area contributed by atoms with Gasteiger partial charge in [0.15, 0.2) is 0 Å². The molecule has 0 amide bonds. The molecule has 3 rings (SSSR count). The molecule has 1 aliphatic rings. The minimum Gasteiger partial charge on any atom is -0.294 e. The van der Waals surface area contributed by atoms with E-state index in [0.717, 1.165) is 37.1 Å². The average Bonchev–Trinajstić information content (AvgIpc) is 3.11. The van der Waals surface area contributed by atoms with Crippen LogP contribution < -0.4 is 5.43 Å². The first-order valence-corrected chi connectivity index (χ1v) is 11.6. The molecular formula is C25H33F2N3S. The first-order chi connectivity index (χ1) is 14.4. The van der Waals surface area contributed by atoms with Gasteiger partial charge in [0.25, 0.3) is 0 Å². The Labute approximate surface area is 189 Å². The molecule has 0 fully saturated rings. The number of nitrogens with one attached hydrogen (secondary N) is 1. The average molecular weight is 446 g/mol. The van der Waals surface area contributed by atoms with Crippen LogP contribution in [-0.2, 0) is 4.87 Å². The molecule has 6 heteroatoms. The summed E-state index contributed by atoms with van der Waals surface area (Å²) < 4.78 is 28.2. The molecule has 2 aromatic carbocycles. The Morgan fingerprint density at radius 1 is 0.968 bits per heavy atom. The molecule has 1 unspecified atom stereocenters. The molecule has 1 heterocycles. The van der Waals surface area contributed by atoms with E-state index in [-0.39, 0.29) is 16.6 Å². The molecule has 0 saturated heterocycles. The highest BCUT2D eigenvalue weighted by atomic mass is 32.2. The zero-order valence-corrected chi connectivity index (χ0v) is 20.1. The van der Waals surface area contributed by atoms with E-state index in [4.69, 9.17) is 0 Å². The van der Waals surface area contributed by atoms with Crippen molar-refractivity contribution >= 4 is 16.8 Å². The topological polar surface area (TPSA) is 27.6 Å². The van der Waals surface area contributed by atoms with E-state index >= 15 is 0 Å². The van der Waals surface area contributed by atoms with Gasteiger partial charge in [-0.05, 0) is 84.7 Å². The lowest BCUT2D eigenvalue weighted by molar-refractivity contribution is 0.0357. The zero-order chi connectivity index (χ0) is 22.9. The number of halogens is 2. The molecule has 2 aromatic rings. The Bertz CT molecular complexity index is 918. The number of hydrogen-bond acceptors (Lipinski definition) is 4. The second-order valence-electron chi connectivity index (χ2n) is 10.0. The zero-order valence-electron chi connectivity index (χ0n) is 19.3. The number of benzene rings is 2. The van der Waals surface area contributed by atoms with Crippen LogP contribution in [-0.4, -0.2) is 27.6 Å². The van der Waals surface area contributed by atoms with Gasteiger partial charge >= 0.3 is 0 Å². The Morgan fingerprint density at radius 3 is 2.23 bits per heavy atom. The first-order valence-electron chi connectivity index (χ1n) is 10.7. The highest BCUT2D eigenvalue weighted by Gasteiger charge is 2.40. The molecular weight excluding hydrogens is 412 g/mol. The number of nitrogens with zero attached hydrogens (tertiary/aromatic N) is 2. The molecule has 168 valence electrons. The second-order valence-corrected chi connectivity index (χ2v) is 11.3. The van der Waals surface area contributed by atoms with E-state index in [1.54, 1.807) is 0 Å². The first kappa shape index (κ1) is 23.7. The maximum atomic E-state index is 14.4. The van der Waals surface area contributed by atoms with Gasteiger partial charge < -0.3 is 0 Å². The van der Waals surface area contributed by atoms with Crippen molar-refractivity contribution in [2.75, 3.05) is 6.54 Å². The molecule has 1 aliphatic heterocycles. The molecule has 1 atom stereocenters. The number of hydrogen-bond donors (Lipinski definition) is 1. The van der Waals surface area contributed by atoms with E-state index in [9.17, 15) is 8.78 Å². The SMILES string of the molecule is CC(C)(C)N(CCCC1(c2ccccc2)NN=C(c2cc(F)ccc2F)S1)C(C)(C)C. The Hall–Kier alpha value is -1.92. The maximum absolute atomic E-state index is 14.4. The third-order valence-electron chi connectivity index (χ3n) is 5.54. The summed E-state index contributed by atoms with van der Waals surface area (Å²) in [6.07, 6.45) is 1.73. The summed E-state index contributed by atoms with van der Waals surface area (Å²) in [5.74, 6) is -0.937. The predicted molar refractivity (Wildman–Crippen MR) is 127 cm³/mol. The van der Waals surface area contributed by atoms with Crippen LogP contribution in [0.5, 0.6) is 0 Å². The molecule has 0 radical (unpaired) electrons.